The fourth-order valence-corrected chi connectivity index (χ4v) is 2.49. The third kappa shape index (κ3) is 4.75. The zero-order chi connectivity index (χ0) is 15.5. The van der Waals surface area contributed by atoms with Crippen LogP contribution < -0.4 is 5.32 Å². The average Bonchev–Trinajstić information content (AvgIpc) is 2.42. The Morgan fingerprint density at radius 3 is 2.43 bits per heavy atom. The lowest BCUT2D eigenvalue weighted by Crippen LogP contribution is -2.18. The van der Waals surface area contributed by atoms with Crippen molar-refractivity contribution >= 4 is 17.3 Å². The molecule has 0 aliphatic carbocycles. The first-order valence-electron chi connectivity index (χ1n) is 7.29. The van der Waals surface area contributed by atoms with Gasteiger partial charge >= 0.3 is 0 Å². The molecule has 1 unspecified atom stereocenters. The van der Waals surface area contributed by atoms with Gasteiger partial charge in [0, 0.05) is 0 Å². The minimum Gasteiger partial charge on any atom is -0.377 e. The van der Waals surface area contributed by atoms with Crippen LogP contribution in [0.4, 0.5) is 5.69 Å². The van der Waals surface area contributed by atoms with Crippen LogP contribution in [0.3, 0.4) is 0 Å². The first-order valence-corrected chi connectivity index (χ1v) is 7.66. The van der Waals surface area contributed by atoms with Crippen LogP contribution in [0.1, 0.15) is 44.4 Å². The second kappa shape index (κ2) is 6.48. The molecule has 2 nitrogen and oxygen atoms in total. The summed E-state index contributed by atoms with van der Waals surface area (Å²) in [5.41, 5.74) is 3.53. The standard InChI is InChI=1S/C18H23ClN2/c1-13-10-15(12-20-17(13)19)21-16(11-18(2,3)4)14-8-6-5-7-9-14/h5-10,12,16,21H,11H2,1-4H3. The Labute approximate surface area is 132 Å². The van der Waals surface area contributed by atoms with Crippen molar-refractivity contribution in [2.45, 2.75) is 40.2 Å². The van der Waals surface area contributed by atoms with Gasteiger partial charge < -0.3 is 5.32 Å². The minimum atomic E-state index is 0.238. The van der Waals surface area contributed by atoms with Crippen molar-refractivity contribution in [1.82, 2.24) is 4.98 Å². The minimum absolute atomic E-state index is 0.238. The van der Waals surface area contributed by atoms with Crippen molar-refractivity contribution in [1.29, 1.82) is 0 Å². The number of hydrogen-bond acceptors (Lipinski definition) is 2. The van der Waals surface area contributed by atoms with E-state index in [0.29, 0.717) is 5.15 Å². The molecule has 0 saturated carbocycles. The molecule has 3 heteroatoms. The second-order valence-corrected chi connectivity index (χ2v) is 7.06. The topological polar surface area (TPSA) is 24.9 Å². The van der Waals surface area contributed by atoms with Crippen LogP contribution in [0.25, 0.3) is 0 Å². The van der Waals surface area contributed by atoms with Crippen LogP contribution in [-0.4, -0.2) is 4.98 Å². The number of aryl methyl sites for hydroxylation is 1. The van der Waals surface area contributed by atoms with Crippen LogP contribution in [0.5, 0.6) is 0 Å². The largest absolute Gasteiger partial charge is 0.377 e. The summed E-state index contributed by atoms with van der Waals surface area (Å²) in [6.45, 7) is 8.75. The first kappa shape index (κ1) is 15.8. The van der Waals surface area contributed by atoms with Gasteiger partial charge in [-0.05, 0) is 36.0 Å². The molecule has 0 bridgehead atoms. The maximum absolute atomic E-state index is 6.00. The molecule has 21 heavy (non-hydrogen) atoms. The van der Waals surface area contributed by atoms with Crippen molar-refractivity contribution in [3.8, 4) is 0 Å². The molecule has 0 fully saturated rings. The number of anilines is 1. The molecule has 112 valence electrons. The molecule has 1 N–H and O–H groups in total. The Balaban J connectivity index is 2.25. The summed E-state index contributed by atoms with van der Waals surface area (Å²) < 4.78 is 0. The van der Waals surface area contributed by atoms with Crippen molar-refractivity contribution in [2.75, 3.05) is 5.32 Å². The summed E-state index contributed by atoms with van der Waals surface area (Å²) in [5, 5.41) is 4.16. The van der Waals surface area contributed by atoms with Gasteiger partial charge in [-0.2, -0.15) is 0 Å². The Kier molecular flexibility index (Phi) is 4.89. The number of aromatic nitrogens is 1. The molecule has 1 aromatic heterocycles. The second-order valence-electron chi connectivity index (χ2n) is 6.70. The number of nitrogens with zero attached hydrogens (tertiary/aromatic N) is 1. The van der Waals surface area contributed by atoms with Crippen LogP contribution in [-0.2, 0) is 0 Å². The van der Waals surface area contributed by atoms with Gasteiger partial charge in [-0.1, -0.05) is 62.7 Å². The fraction of sp³-hybridized carbons (Fsp3) is 0.389. The van der Waals surface area contributed by atoms with E-state index in [1.54, 1.807) is 6.20 Å². The zero-order valence-electron chi connectivity index (χ0n) is 13.2. The monoisotopic (exact) mass is 302 g/mol. The molecular weight excluding hydrogens is 280 g/mol. The highest BCUT2D eigenvalue weighted by molar-refractivity contribution is 6.30. The maximum Gasteiger partial charge on any atom is 0.132 e. The number of benzene rings is 1. The molecule has 0 amide bonds. The Morgan fingerprint density at radius 1 is 1.19 bits per heavy atom. The van der Waals surface area contributed by atoms with Crippen LogP contribution in [0, 0.1) is 12.3 Å². The molecule has 1 atom stereocenters. The van der Waals surface area contributed by atoms with E-state index in [-0.39, 0.29) is 11.5 Å². The summed E-state index contributed by atoms with van der Waals surface area (Å²) in [7, 11) is 0. The zero-order valence-corrected chi connectivity index (χ0v) is 13.9. The van der Waals surface area contributed by atoms with E-state index in [2.05, 4.69) is 55.3 Å². The van der Waals surface area contributed by atoms with E-state index in [1.165, 1.54) is 5.56 Å². The third-order valence-electron chi connectivity index (χ3n) is 3.37. The van der Waals surface area contributed by atoms with E-state index in [0.717, 1.165) is 17.7 Å². The predicted molar refractivity (Wildman–Crippen MR) is 90.9 cm³/mol. The Bertz CT molecular complexity index is 588. The Morgan fingerprint density at radius 2 is 1.86 bits per heavy atom. The summed E-state index contributed by atoms with van der Waals surface area (Å²) in [4.78, 5) is 4.22. The van der Waals surface area contributed by atoms with Crippen molar-refractivity contribution in [3.05, 3.63) is 58.9 Å². The molecule has 0 spiro atoms. The fourth-order valence-electron chi connectivity index (χ4n) is 2.39. The number of rotatable bonds is 4. The van der Waals surface area contributed by atoms with E-state index in [1.807, 2.05) is 19.1 Å². The first-order chi connectivity index (χ1) is 9.85. The van der Waals surface area contributed by atoms with E-state index in [4.69, 9.17) is 11.6 Å². The van der Waals surface area contributed by atoms with Gasteiger partial charge in [0.15, 0.2) is 0 Å². The van der Waals surface area contributed by atoms with Gasteiger partial charge in [0.1, 0.15) is 5.15 Å². The van der Waals surface area contributed by atoms with Gasteiger partial charge in [-0.15, -0.1) is 0 Å². The number of pyridine rings is 1. The third-order valence-corrected chi connectivity index (χ3v) is 3.77. The summed E-state index contributed by atoms with van der Waals surface area (Å²) in [5.74, 6) is 0. The number of nitrogens with one attached hydrogen (secondary N) is 1. The number of hydrogen-bond donors (Lipinski definition) is 1. The SMILES string of the molecule is Cc1cc(NC(CC(C)(C)C)c2ccccc2)cnc1Cl. The lowest BCUT2D eigenvalue weighted by Gasteiger charge is -2.28. The quantitative estimate of drug-likeness (QED) is 0.740. The van der Waals surface area contributed by atoms with E-state index < -0.39 is 0 Å². The lowest BCUT2D eigenvalue weighted by atomic mass is 9.85. The van der Waals surface area contributed by atoms with E-state index >= 15 is 0 Å². The highest BCUT2D eigenvalue weighted by atomic mass is 35.5. The van der Waals surface area contributed by atoms with Gasteiger partial charge in [-0.3, -0.25) is 0 Å². The molecular formula is C18H23ClN2. The molecule has 2 aromatic rings. The molecule has 0 aliphatic heterocycles. The van der Waals surface area contributed by atoms with Crippen LogP contribution >= 0.6 is 11.6 Å². The molecule has 0 saturated heterocycles. The van der Waals surface area contributed by atoms with Gasteiger partial charge in [0.05, 0.1) is 17.9 Å². The lowest BCUT2D eigenvalue weighted by molar-refractivity contribution is 0.352. The van der Waals surface area contributed by atoms with Gasteiger partial charge in [0.25, 0.3) is 0 Å². The molecule has 2 rings (SSSR count). The predicted octanol–water partition coefficient (Wildman–Crippen LogP) is 5.63. The Hall–Kier alpha value is -1.54. The number of halogens is 1. The normalized spacial score (nSPS) is 13.0. The highest BCUT2D eigenvalue weighted by Crippen LogP contribution is 2.32. The summed E-state index contributed by atoms with van der Waals surface area (Å²) >= 11 is 6.00. The van der Waals surface area contributed by atoms with Crippen LogP contribution in [0.15, 0.2) is 42.6 Å². The molecule has 0 radical (unpaired) electrons. The smallest absolute Gasteiger partial charge is 0.132 e. The highest BCUT2D eigenvalue weighted by Gasteiger charge is 2.20. The maximum atomic E-state index is 6.00. The van der Waals surface area contributed by atoms with E-state index in [9.17, 15) is 0 Å². The van der Waals surface area contributed by atoms with Gasteiger partial charge in [-0.25, -0.2) is 4.98 Å². The molecule has 1 aromatic carbocycles. The average molecular weight is 303 g/mol. The molecule has 1 heterocycles. The van der Waals surface area contributed by atoms with Crippen molar-refractivity contribution in [2.24, 2.45) is 5.41 Å². The van der Waals surface area contributed by atoms with Crippen molar-refractivity contribution in [3.63, 3.8) is 0 Å². The summed E-state index contributed by atoms with van der Waals surface area (Å²) in [6, 6.07) is 12.9. The molecule has 0 aliphatic rings. The van der Waals surface area contributed by atoms with Crippen LogP contribution in [0.2, 0.25) is 5.15 Å². The van der Waals surface area contributed by atoms with Crippen molar-refractivity contribution < 1.29 is 0 Å². The summed E-state index contributed by atoms with van der Waals surface area (Å²) in [6.07, 6.45) is 2.84. The van der Waals surface area contributed by atoms with Gasteiger partial charge in [0.2, 0.25) is 0 Å².